The number of amides is 1. The molecule has 0 aliphatic carbocycles. The highest BCUT2D eigenvalue weighted by Gasteiger charge is 2.17. The second kappa shape index (κ2) is 9.46. The van der Waals surface area contributed by atoms with Crippen molar-refractivity contribution in [3.63, 3.8) is 0 Å². The summed E-state index contributed by atoms with van der Waals surface area (Å²) in [6.07, 6.45) is 2.27. The van der Waals surface area contributed by atoms with Crippen LogP contribution < -0.4 is 19.7 Å². The number of methoxy groups -OCH3 is 1. The number of hydrogen-bond donors (Lipinski definition) is 1. The molecule has 0 spiro atoms. The molecule has 1 heterocycles. The Morgan fingerprint density at radius 2 is 2.07 bits per heavy atom. The lowest BCUT2D eigenvalue weighted by Gasteiger charge is -2.15. The molecule has 1 saturated heterocycles. The van der Waals surface area contributed by atoms with E-state index in [0.29, 0.717) is 30.2 Å². The van der Waals surface area contributed by atoms with Gasteiger partial charge in [-0.25, -0.2) is 0 Å². The normalized spacial score (nSPS) is 15.9. The predicted molar refractivity (Wildman–Crippen MR) is 109 cm³/mol. The topological polar surface area (TPSA) is 60.0 Å². The molecule has 1 fully saturated rings. The third kappa shape index (κ3) is 5.16. The lowest BCUT2D eigenvalue weighted by atomic mass is 10.1. The van der Waals surface area contributed by atoms with Gasteiger partial charge in [0, 0.05) is 38.5 Å². The molecule has 1 aliphatic heterocycles. The van der Waals surface area contributed by atoms with Crippen LogP contribution in [-0.4, -0.2) is 46.4 Å². The van der Waals surface area contributed by atoms with Crippen LogP contribution in [0, 0.1) is 0 Å². The molecule has 1 atom stereocenters. The summed E-state index contributed by atoms with van der Waals surface area (Å²) in [6.45, 7) is 1.74. The van der Waals surface area contributed by atoms with E-state index in [1.54, 1.807) is 7.11 Å². The fraction of sp³-hybridized carbons (Fsp3) is 0.409. The van der Waals surface area contributed by atoms with Crippen molar-refractivity contribution >= 4 is 11.6 Å². The number of hydrogen-bond acceptors (Lipinski definition) is 5. The fourth-order valence-corrected chi connectivity index (χ4v) is 3.11. The maximum atomic E-state index is 12.5. The van der Waals surface area contributed by atoms with Crippen molar-refractivity contribution in [3.05, 3.63) is 53.6 Å². The number of nitrogens with one attached hydrogen (secondary N) is 1. The first-order valence-corrected chi connectivity index (χ1v) is 9.53. The molecule has 1 aliphatic rings. The maximum absolute atomic E-state index is 12.5. The summed E-state index contributed by atoms with van der Waals surface area (Å²) >= 11 is 0. The Bertz CT molecular complexity index is 801. The molecule has 1 N–H and O–H groups in total. The second-order valence-corrected chi connectivity index (χ2v) is 7.06. The van der Waals surface area contributed by atoms with E-state index in [9.17, 15) is 4.79 Å². The number of carbonyl (C=O) groups is 1. The van der Waals surface area contributed by atoms with Crippen molar-refractivity contribution < 1.29 is 19.0 Å². The van der Waals surface area contributed by atoms with E-state index in [1.165, 1.54) is 0 Å². The van der Waals surface area contributed by atoms with Crippen molar-refractivity contribution in [2.45, 2.75) is 25.5 Å². The van der Waals surface area contributed by atoms with Crippen LogP contribution in [0.3, 0.4) is 0 Å². The van der Waals surface area contributed by atoms with Gasteiger partial charge in [0.15, 0.2) is 11.5 Å². The Kier molecular flexibility index (Phi) is 6.76. The van der Waals surface area contributed by atoms with Gasteiger partial charge in [0.25, 0.3) is 5.91 Å². The number of carbonyl (C=O) groups excluding carboxylic acids is 1. The van der Waals surface area contributed by atoms with E-state index in [1.807, 2.05) is 61.5 Å². The lowest BCUT2D eigenvalue weighted by Crippen LogP contribution is -2.23. The molecule has 2 aromatic carbocycles. The first-order chi connectivity index (χ1) is 13.6. The summed E-state index contributed by atoms with van der Waals surface area (Å²) in [7, 11) is 5.51. The molecule has 3 rings (SSSR count). The van der Waals surface area contributed by atoms with Gasteiger partial charge in [0.05, 0.1) is 13.2 Å². The Morgan fingerprint density at radius 3 is 2.79 bits per heavy atom. The average Bonchev–Trinajstić information content (AvgIpc) is 3.24. The first-order valence-electron chi connectivity index (χ1n) is 9.53. The van der Waals surface area contributed by atoms with Crippen LogP contribution in [0.25, 0.3) is 0 Å². The van der Waals surface area contributed by atoms with E-state index >= 15 is 0 Å². The van der Waals surface area contributed by atoms with Gasteiger partial charge in [-0.2, -0.15) is 0 Å². The first kappa shape index (κ1) is 20.0. The molecular weight excluding hydrogens is 356 g/mol. The van der Waals surface area contributed by atoms with Gasteiger partial charge in [-0.3, -0.25) is 4.79 Å². The second-order valence-electron chi connectivity index (χ2n) is 7.06. The summed E-state index contributed by atoms with van der Waals surface area (Å²) in [5.74, 6) is 1.23. The Labute approximate surface area is 166 Å². The Balaban J connectivity index is 1.59. The highest BCUT2D eigenvalue weighted by atomic mass is 16.5. The number of benzene rings is 2. The van der Waals surface area contributed by atoms with Gasteiger partial charge in [0.2, 0.25) is 0 Å². The SMILES string of the molecule is COc1cc(CNC(=O)c2cccc(N(C)C)c2)ccc1OCC1CCCO1. The summed E-state index contributed by atoms with van der Waals surface area (Å²) < 4.78 is 16.9. The minimum atomic E-state index is -0.110. The molecule has 1 unspecified atom stereocenters. The molecule has 6 heteroatoms. The zero-order chi connectivity index (χ0) is 19.9. The quantitative estimate of drug-likeness (QED) is 0.757. The minimum Gasteiger partial charge on any atom is -0.493 e. The molecule has 0 bridgehead atoms. The Morgan fingerprint density at radius 1 is 1.21 bits per heavy atom. The summed E-state index contributed by atoms with van der Waals surface area (Å²) in [4.78, 5) is 14.4. The average molecular weight is 384 g/mol. The molecule has 0 aromatic heterocycles. The third-order valence-corrected chi connectivity index (χ3v) is 4.75. The predicted octanol–water partition coefficient (Wildman–Crippen LogP) is 3.25. The number of nitrogens with zero attached hydrogens (tertiary/aromatic N) is 1. The molecule has 6 nitrogen and oxygen atoms in total. The van der Waals surface area contributed by atoms with Crippen LogP contribution in [0.5, 0.6) is 11.5 Å². The summed E-state index contributed by atoms with van der Waals surface area (Å²) in [5.41, 5.74) is 2.56. The third-order valence-electron chi connectivity index (χ3n) is 4.75. The molecule has 1 amide bonds. The number of anilines is 1. The summed E-state index contributed by atoms with van der Waals surface area (Å²) in [5, 5.41) is 2.96. The van der Waals surface area contributed by atoms with E-state index in [4.69, 9.17) is 14.2 Å². The van der Waals surface area contributed by atoms with Crippen LogP contribution in [0.4, 0.5) is 5.69 Å². The molecule has 150 valence electrons. The van der Waals surface area contributed by atoms with Crippen LogP contribution >= 0.6 is 0 Å². The van der Waals surface area contributed by atoms with Crippen LogP contribution in [0.15, 0.2) is 42.5 Å². The molecule has 2 aromatic rings. The zero-order valence-corrected chi connectivity index (χ0v) is 16.7. The minimum absolute atomic E-state index is 0.110. The zero-order valence-electron chi connectivity index (χ0n) is 16.7. The van der Waals surface area contributed by atoms with Crippen LogP contribution in [-0.2, 0) is 11.3 Å². The largest absolute Gasteiger partial charge is 0.493 e. The van der Waals surface area contributed by atoms with Gasteiger partial charge < -0.3 is 24.4 Å². The van der Waals surface area contributed by atoms with Crippen LogP contribution in [0.1, 0.15) is 28.8 Å². The van der Waals surface area contributed by atoms with Crippen LogP contribution in [0.2, 0.25) is 0 Å². The fourth-order valence-electron chi connectivity index (χ4n) is 3.11. The number of ether oxygens (including phenoxy) is 3. The molecule has 28 heavy (non-hydrogen) atoms. The maximum Gasteiger partial charge on any atom is 0.251 e. The van der Waals surface area contributed by atoms with E-state index < -0.39 is 0 Å². The standard InChI is InChI=1S/C22H28N2O4/c1-24(2)18-7-4-6-17(13-18)22(25)23-14-16-9-10-20(21(12-16)26-3)28-15-19-8-5-11-27-19/h4,6-7,9-10,12-13,19H,5,8,11,14-15H2,1-3H3,(H,23,25). The highest BCUT2D eigenvalue weighted by molar-refractivity contribution is 5.95. The molecular formula is C22H28N2O4. The molecule has 0 saturated carbocycles. The van der Waals surface area contributed by atoms with E-state index in [0.717, 1.165) is 30.7 Å². The van der Waals surface area contributed by atoms with Crippen molar-refractivity contribution in [1.29, 1.82) is 0 Å². The van der Waals surface area contributed by atoms with Crippen molar-refractivity contribution in [1.82, 2.24) is 5.32 Å². The molecule has 0 radical (unpaired) electrons. The van der Waals surface area contributed by atoms with Crippen molar-refractivity contribution in [3.8, 4) is 11.5 Å². The van der Waals surface area contributed by atoms with Gasteiger partial charge in [-0.1, -0.05) is 12.1 Å². The van der Waals surface area contributed by atoms with Gasteiger partial charge in [0.1, 0.15) is 6.61 Å². The van der Waals surface area contributed by atoms with Crippen molar-refractivity contribution in [2.24, 2.45) is 0 Å². The Hall–Kier alpha value is -2.73. The van der Waals surface area contributed by atoms with E-state index in [2.05, 4.69) is 5.32 Å². The number of rotatable bonds is 8. The van der Waals surface area contributed by atoms with Gasteiger partial charge in [-0.05, 0) is 48.7 Å². The van der Waals surface area contributed by atoms with Crippen molar-refractivity contribution in [2.75, 3.05) is 39.3 Å². The van der Waals surface area contributed by atoms with Gasteiger partial charge in [-0.15, -0.1) is 0 Å². The summed E-state index contributed by atoms with van der Waals surface area (Å²) in [6, 6.07) is 13.2. The van der Waals surface area contributed by atoms with Gasteiger partial charge >= 0.3 is 0 Å². The monoisotopic (exact) mass is 384 g/mol. The van der Waals surface area contributed by atoms with E-state index in [-0.39, 0.29) is 12.0 Å². The highest BCUT2D eigenvalue weighted by Crippen LogP contribution is 2.29. The smallest absolute Gasteiger partial charge is 0.251 e. The lowest BCUT2D eigenvalue weighted by molar-refractivity contribution is 0.0669.